The number of nitrogens with zero attached hydrogens (tertiary/aromatic N) is 1. The number of anilines is 1. The van der Waals surface area contributed by atoms with Gasteiger partial charge in [0.25, 0.3) is 0 Å². The summed E-state index contributed by atoms with van der Waals surface area (Å²) >= 11 is 5.84. The summed E-state index contributed by atoms with van der Waals surface area (Å²) in [6, 6.07) is 13.1. The molecule has 0 radical (unpaired) electrons. The van der Waals surface area contributed by atoms with Crippen molar-refractivity contribution < 1.29 is 14.3 Å². The minimum atomic E-state index is -0.147. The smallest absolute Gasteiger partial charge is 0.227 e. The predicted octanol–water partition coefficient (Wildman–Crippen LogP) is 3.47. The van der Waals surface area contributed by atoms with Gasteiger partial charge in [-0.25, -0.2) is 0 Å². The first-order valence-corrected chi connectivity index (χ1v) is 8.96. The van der Waals surface area contributed by atoms with Crippen LogP contribution in [0.2, 0.25) is 5.02 Å². The molecule has 0 bridgehead atoms. The average Bonchev–Trinajstić information content (AvgIpc) is 2.65. The minimum Gasteiger partial charge on any atom is -0.490 e. The molecule has 0 spiro atoms. The monoisotopic (exact) mass is 372 g/mol. The van der Waals surface area contributed by atoms with Crippen LogP contribution in [0.25, 0.3) is 0 Å². The summed E-state index contributed by atoms with van der Waals surface area (Å²) in [4.78, 5) is 26.3. The van der Waals surface area contributed by atoms with E-state index < -0.39 is 0 Å². The third-order valence-electron chi connectivity index (χ3n) is 4.25. The Balaban J connectivity index is 1.52. The van der Waals surface area contributed by atoms with Crippen LogP contribution in [0.5, 0.6) is 5.75 Å². The Morgan fingerprint density at radius 3 is 2.69 bits per heavy atom. The number of fused-ring (bicyclic) bond motifs is 1. The Labute approximate surface area is 157 Å². The van der Waals surface area contributed by atoms with Crippen LogP contribution in [0.3, 0.4) is 0 Å². The zero-order valence-electron chi connectivity index (χ0n) is 14.6. The van der Waals surface area contributed by atoms with E-state index in [-0.39, 0.29) is 24.7 Å². The summed E-state index contributed by atoms with van der Waals surface area (Å²) in [6.07, 6.45) is 0.324. The topological polar surface area (TPSA) is 58.6 Å². The highest BCUT2D eigenvalue weighted by atomic mass is 35.5. The lowest BCUT2D eigenvalue weighted by Crippen LogP contribution is -2.38. The molecule has 2 amide bonds. The van der Waals surface area contributed by atoms with Gasteiger partial charge in [-0.2, -0.15) is 0 Å². The maximum absolute atomic E-state index is 12.6. The number of hydrogen-bond acceptors (Lipinski definition) is 3. The van der Waals surface area contributed by atoms with E-state index >= 15 is 0 Å². The lowest BCUT2D eigenvalue weighted by molar-refractivity contribution is -0.125. The summed E-state index contributed by atoms with van der Waals surface area (Å²) in [7, 11) is 0. The molecule has 0 saturated heterocycles. The first kappa shape index (κ1) is 18.3. The first-order valence-electron chi connectivity index (χ1n) is 8.58. The lowest BCUT2D eigenvalue weighted by Gasteiger charge is -2.30. The standard InChI is InChI=1S/C20H21ClN2O3/c1-14-2-7-18-17(12-14)23(10-11-26-18)20(25)9-8-19(24)22-13-15-3-5-16(21)6-4-15/h2-7,12H,8-11,13H2,1H3,(H,22,24). The molecular formula is C20H21ClN2O3. The summed E-state index contributed by atoms with van der Waals surface area (Å²) in [5.41, 5.74) is 2.81. The van der Waals surface area contributed by atoms with E-state index in [0.29, 0.717) is 30.5 Å². The molecule has 0 saturated carbocycles. The van der Waals surface area contributed by atoms with Crippen molar-refractivity contribution in [3.8, 4) is 5.75 Å². The molecule has 1 heterocycles. The van der Waals surface area contributed by atoms with Gasteiger partial charge in [0.2, 0.25) is 11.8 Å². The zero-order valence-corrected chi connectivity index (χ0v) is 15.4. The number of hydrogen-bond donors (Lipinski definition) is 1. The molecule has 1 aliphatic rings. The average molecular weight is 373 g/mol. The number of rotatable bonds is 5. The first-order chi connectivity index (χ1) is 12.5. The van der Waals surface area contributed by atoms with Crippen molar-refractivity contribution in [2.45, 2.75) is 26.3 Å². The van der Waals surface area contributed by atoms with Gasteiger partial charge in [0.15, 0.2) is 0 Å². The molecule has 0 aromatic heterocycles. The van der Waals surface area contributed by atoms with Crippen LogP contribution in [0.1, 0.15) is 24.0 Å². The molecule has 136 valence electrons. The Morgan fingerprint density at radius 1 is 1.15 bits per heavy atom. The maximum atomic E-state index is 12.6. The van der Waals surface area contributed by atoms with Crippen LogP contribution in [0.15, 0.2) is 42.5 Å². The molecule has 1 N–H and O–H groups in total. The number of amides is 2. The highest BCUT2D eigenvalue weighted by Crippen LogP contribution is 2.32. The number of carbonyl (C=O) groups is 2. The molecule has 0 unspecified atom stereocenters. The molecule has 26 heavy (non-hydrogen) atoms. The van der Waals surface area contributed by atoms with Crippen molar-refractivity contribution in [1.29, 1.82) is 0 Å². The Bertz CT molecular complexity index is 805. The largest absolute Gasteiger partial charge is 0.490 e. The summed E-state index contributed by atoms with van der Waals surface area (Å²) in [5.74, 6) is 0.496. The van der Waals surface area contributed by atoms with Gasteiger partial charge in [0, 0.05) is 24.4 Å². The Kier molecular flexibility index (Phi) is 5.78. The third-order valence-corrected chi connectivity index (χ3v) is 4.50. The molecule has 6 heteroatoms. The van der Waals surface area contributed by atoms with E-state index in [0.717, 1.165) is 16.8 Å². The van der Waals surface area contributed by atoms with Gasteiger partial charge < -0.3 is 15.0 Å². The highest BCUT2D eigenvalue weighted by molar-refractivity contribution is 6.30. The van der Waals surface area contributed by atoms with Crippen LogP contribution in [-0.2, 0) is 16.1 Å². The van der Waals surface area contributed by atoms with Crippen molar-refractivity contribution in [1.82, 2.24) is 5.32 Å². The maximum Gasteiger partial charge on any atom is 0.227 e. The number of aryl methyl sites for hydroxylation is 1. The molecule has 0 atom stereocenters. The lowest BCUT2D eigenvalue weighted by atomic mass is 10.1. The molecule has 1 aliphatic heterocycles. The molecule has 3 rings (SSSR count). The van der Waals surface area contributed by atoms with Crippen LogP contribution in [0.4, 0.5) is 5.69 Å². The van der Waals surface area contributed by atoms with E-state index in [1.54, 1.807) is 17.0 Å². The summed E-state index contributed by atoms with van der Waals surface area (Å²) in [6.45, 7) is 3.36. The SMILES string of the molecule is Cc1ccc2c(c1)N(C(=O)CCC(=O)NCc1ccc(Cl)cc1)CCO2. The van der Waals surface area contributed by atoms with Crippen molar-refractivity contribution >= 4 is 29.1 Å². The van der Waals surface area contributed by atoms with Gasteiger partial charge >= 0.3 is 0 Å². The zero-order chi connectivity index (χ0) is 18.5. The molecular weight excluding hydrogens is 352 g/mol. The van der Waals surface area contributed by atoms with Crippen LogP contribution >= 0.6 is 11.6 Å². The Hall–Kier alpha value is -2.53. The van der Waals surface area contributed by atoms with E-state index in [1.165, 1.54) is 0 Å². The molecule has 2 aromatic carbocycles. The van der Waals surface area contributed by atoms with Crippen molar-refractivity contribution in [3.63, 3.8) is 0 Å². The quantitative estimate of drug-likeness (QED) is 0.874. The fourth-order valence-electron chi connectivity index (χ4n) is 2.83. The van der Waals surface area contributed by atoms with Gasteiger partial charge in [-0.1, -0.05) is 29.8 Å². The number of halogens is 1. The number of benzene rings is 2. The van der Waals surface area contributed by atoms with Crippen LogP contribution in [-0.4, -0.2) is 25.0 Å². The second-order valence-electron chi connectivity index (χ2n) is 6.27. The fraction of sp³-hybridized carbons (Fsp3) is 0.300. The second kappa shape index (κ2) is 8.23. The number of nitrogens with one attached hydrogen (secondary N) is 1. The predicted molar refractivity (Wildman–Crippen MR) is 102 cm³/mol. The fourth-order valence-corrected chi connectivity index (χ4v) is 2.96. The van der Waals surface area contributed by atoms with E-state index in [1.807, 2.05) is 37.3 Å². The molecule has 2 aromatic rings. The minimum absolute atomic E-state index is 0.0678. The molecule has 0 aliphatic carbocycles. The Morgan fingerprint density at radius 2 is 1.92 bits per heavy atom. The van der Waals surface area contributed by atoms with E-state index in [2.05, 4.69) is 5.32 Å². The van der Waals surface area contributed by atoms with E-state index in [9.17, 15) is 9.59 Å². The van der Waals surface area contributed by atoms with Gasteiger partial charge in [-0.05, 0) is 42.3 Å². The molecule has 0 fully saturated rings. The van der Waals surface area contributed by atoms with Gasteiger partial charge in [0.05, 0.1) is 12.2 Å². The van der Waals surface area contributed by atoms with Crippen LogP contribution in [0, 0.1) is 6.92 Å². The van der Waals surface area contributed by atoms with Gasteiger partial charge in [0.1, 0.15) is 12.4 Å². The van der Waals surface area contributed by atoms with Gasteiger partial charge in [-0.15, -0.1) is 0 Å². The van der Waals surface area contributed by atoms with E-state index in [4.69, 9.17) is 16.3 Å². The van der Waals surface area contributed by atoms with Gasteiger partial charge in [-0.3, -0.25) is 9.59 Å². The normalized spacial score (nSPS) is 12.9. The molecule has 5 nitrogen and oxygen atoms in total. The highest BCUT2D eigenvalue weighted by Gasteiger charge is 2.24. The second-order valence-corrected chi connectivity index (χ2v) is 6.70. The summed E-state index contributed by atoms with van der Waals surface area (Å²) < 4.78 is 5.60. The van der Waals surface area contributed by atoms with Crippen molar-refractivity contribution in [3.05, 3.63) is 58.6 Å². The van der Waals surface area contributed by atoms with Crippen molar-refractivity contribution in [2.24, 2.45) is 0 Å². The summed E-state index contributed by atoms with van der Waals surface area (Å²) in [5, 5.41) is 3.49. The number of carbonyl (C=O) groups excluding carboxylic acids is 2. The van der Waals surface area contributed by atoms with Crippen molar-refractivity contribution in [2.75, 3.05) is 18.1 Å². The third kappa shape index (κ3) is 4.55. The number of ether oxygens (including phenoxy) is 1. The van der Waals surface area contributed by atoms with Crippen LogP contribution < -0.4 is 15.0 Å².